The molecule has 5 aliphatic rings. The van der Waals surface area contributed by atoms with E-state index in [1.807, 2.05) is 0 Å². The van der Waals surface area contributed by atoms with Crippen molar-refractivity contribution >= 4 is 7.52 Å². The molecule has 1 saturated heterocycles. The molecular formula is C18H33N2O7P. The van der Waals surface area contributed by atoms with E-state index < -0.39 is 44.8 Å². The molecule has 0 amide bonds. The van der Waals surface area contributed by atoms with Crippen molar-refractivity contribution in [2.45, 2.75) is 69.2 Å². The quantitative estimate of drug-likeness (QED) is 0.266. The standard InChI is InChI=1S/C18H33N2O7P/c21-7-13-15(22)16(23)14(17(24)27-13)19-9-28(25,26)20-8-18-4-10-1-11(5-18)3-12(2-10)6-18/h10-17,19,21-24H,1-9H2,(H2,20,25,26)/t10?,11?,12?,13-,14-,15+,16-,17?,18?/m1/s1. The van der Waals surface area contributed by atoms with Crippen LogP contribution in [0.2, 0.25) is 0 Å². The van der Waals surface area contributed by atoms with Crippen molar-refractivity contribution in [3.05, 3.63) is 0 Å². The Hall–Kier alpha value is -0.0900. The van der Waals surface area contributed by atoms with E-state index in [2.05, 4.69) is 10.4 Å². The second-order valence-corrected chi connectivity index (χ2v) is 11.6. The average molecular weight is 420 g/mol. The molecule has 1 aliphatic heterocycles. The second kappa shape index (κ2) is 7.87. The molecule has 0 spiro atoms. The molecule has 9 nitrogen and oxygen atoms in total. The number of ether oxygens (including phenoxy) is 1. The van der Waals surface area contributed by atoms with Gasteiger partial charge in [-0.3, -0.25) is 9.88 Å². The number of rotatable bonds is 7. The van der Waals surface area contributed by atoms with Crippen LogP contribution >= 0.6 is 7.52 Å². The Kier molecular flexibility index (Phi) is 5.95. The van der Waals surface area contributed by atoms with Crippen LogP contribution in [0.3, 0.4) is 0 Å². The molecule has 7 N–H and O–H groups in total. The Labute approximate surface area is 165 Å². The van der Waals surface area contributed by atoms with Crippen molar-refractivity contribution in [1.82, 2.24) is 10.4 Å². The van der Waals surface area contributed by atoms with Gasteiger partial charge in [-0.15, -0.1) is 0 Å². The van der Waals surface area contributed by atoms with Gasteiger partial charge in [-0.05, 0) is 61.7 Å². The number of hydrogen-bond acceptors (Lipinski definition) is 7. The predicted octanol–water partition coefficient (Wildman–Crippen LogP) is -0.675. The summed E-state index contributed by atoms with van der Waals surface area (Å²) in [5.41, 5.74) is 0.116. The molecule has 5 rings (SSSR count). The largest absolute Gasteiger partial charge is 0.394 e. The lowest BCUT2D eigenvalue weighted by Gasteiger charge is -2.57. The highest BCUT2D eigenvalue weighted by molar-refractivity contribution is 7.55. The lowest BCUT2D eigenvalue weighted by molar-refractivity contribution is -0.253. The number of hydrogen-bond donors (Lipinski definition) is 7. The summed E-state index contributed by atoms with van der Waals surface area (Å²) in [6, 6.07) is -1.13. The van der Waals surface area contributed by atoms with Crippen molar-refractivity contribution in [3.63, 3.8) is 0 Å². The van der Waals surface area contributed by atoms with Gasteiger partial charge in [0.1, 0.15) is 18.3 Å². The Bertz CT molecular complexity index is 585. The molecule has 0 aromatic heterocycles. The summed E-state index contributed by atoms with van der Waals surface area (Å²) in [5.74, 6) is 2.28. The lowest BCUT2D eigenvalue weighted by Crippen LogP contribution is -2.63. The van der Waals surface area contributed by atoms with Gasteiger partial charge < -0.3 is 30.1 Å². The van der Waals surface area contributed by atoms with Gasteiger partial charge in [0.05, 0.1) is 18.9 Å². The first-order valence-corrected chi connectivity index (χ1v) is 12.2. The SMILES string of the molecule is O=P(O)(CN[C@H]1C(O)O[C@H](CO)[C@H](O)[C@@H]1O)NCC12CC3CC(CC(C3)C1)C2. The Morgan fingerprint density at radius 3 is 2.11 bits per heavy atom. The number of aliphatic hydroxyl groups is 4. The van der Waals surface area contributed by atoms with Gasteiger partial charge in [0.2, 0.25) is 0 Å². The van der Waals surface area contributed by atoms with Gasteiger partial charge in [-0.25, -0.2) is 5.09 Å². The van der Waals surface area contributed by atoms with Crippen LogP contribution in [0.25, 0.3) is 0 Å². The molecule has 4 saturated carbocycles. The molecule has 1 heterocycles. The molecule has 4 aliphatic carbocycles. The Morgan fingerprint density at radius 2 is 1.57 bits per heavy atom. The van der Waals surface area contributed by atoms with Crippen molar-refractivity contribution in [1.29, 1.82) is 0 Å². The lowest BCUT2D eigenvalue weighted by atomic mass is 9.50. The zero-order chi connectivity index (χ0) is 20.1. The van der Waals surface area contributed by atoms with Crippen LogP contribution in [0.5, 0.6) is 0 Å². The van der Waals surface area contributed by atoms with Gasteiger partial charge in [0, 0.05) is 6.54 Å². The maximum absolute atomic E-state index is 12.6. The van der Waals surface area contributed by atoms with Crippen molar-refractivity contribution in [3.8, 4) is 0 Å². The summed E-state index contributed by atoms with van der Waals surface area (Å²) in [4.78, 5) is 10.4. The number of aliphatic hydroxyl groups excluding tert-OH is 4. The summed E-state index contributed by atoms with van der Waals surface area (Å²) >= 11 is 0. The van der Waals surface area contributed by atoms with Gasteiger partial charge >= 0.3 is 0 Å². The van der Waals surface area contributed by atoms with E-state index in [-0.39, 0.29) is 11.7 Å². The highest BCUT2D eigenvalue weighted by Gasteiger charge is 2.51. The summed E-state index contributed by atoms with van der Waals surface area (Å²) in [6.45, 7) is -0.0411. The molecule has 28 heavy (non-hydrogen) atoms. The molecule has 162 valence electrons. The fraction of sp³-hybridized carbons (Fsp3) is 1.00. The molecule has 0 aromatic rings. The van der Waals surface area contributed by atoms with Crippen LogP contribution in [0.4, 0.5) is 0 Å². The van der Waals surface area contributed by atoms with E-state index in [1.165, 1.54) is 19.3 Å². The summed E-state index contributed by atoms with van der Waals surface area (Å²) in [7, 11) is -3.75. The zero-order valence-electron chi connectivity index (χ0n) is 16.0. The molecule has 10 heteroatoms. The third-order valence-electron chi connectivity index (χ3n) is 7.31. The van der Waals surface area contributed by atoms with E-state index in [0.29, 0.717) is 6.54 Å². The molecule has 0 aromatic carbocycles. The highest BCUT2D eigenvalue weighted by atomic mass is 31.2. The summed E-state index contributed by atoms with van der Waals surface area (Å²) in [5, 5.41) is 44.7. The molecular weight excluding hydrogens is 387 g/mol. The van der Waals surface area contributed by atoms with Gasteiger partial charge in [-0.2, -0.15) is 0 Å². The monoisotopic (exact) mass is 420 g/mol. The fourth-order valence-corrected chi connectivity index (χ4v) is 7.55. The smallest absolute Gasteiger partial charge is 0.280 e. The van der Waals surface area contributed by atoms with Gasteiger partial charge in [0.15, 0.2) is 6.29 Å². The topological polar surface area (TPSA) is 152 Å². The molecule has 4 bridgehead atoms. The van der Waals surface area contributed by atoms with Crippen molar-refractivity contribution in [2.24, 2.45) is 23.2 Å². The minimum absolute atomic E-state index is 0.116. The van der Waals surface area contributed by atoms with E-state index in [0.717, 1.165) is 37.0 Å². The van der Waals surface area contributed by atoms with Gasteiger partial charge in [0.25, 0.3) is 7.52 Å². The molecule has 0 radical (unpaired) electrons. The van der Waals surface area contributed by atoms with Gasteiger partial charge in [-0.1, -0.05) is 0 Å². The van der Waals surface area contributed by atoms with E-state index >= 15 is 0 Å². The fourth-order valence-electron chi connectivity index (χ4n) is 6.40. The van der Waals surface area contributed by atoms with Crippen molar-refractivity contribution < 1.29 is 34.6 Å². The normalized spacial score (nSPS) is 49.9. The average Bonchev–Trinajstić information content (AvgIpc) is 2.62. The predicted molar refractivity (Wildman–Crippen MR) is 100 cm³/mol. The van der Waals surface area contributed by atoms with Crippen LogP contribution in [0.1, 0.15) is 38.5 Å². The highest BCUT2D eigenvalue weighted by Crippen LogP contribution is 2.60. The van der Waals surface area contributed by atoms with Crippen LogP contribution in [-0.4, -0.2) is 75.4 Å². The third-order valence-corrected chi connectivity index (χ3v) is 8.57. The van der Waals surface area contributed by atoms with Crippen LogP contribution in [0.15, 0.2) is 0 Å². The Morgan fingerprint density at radius 1 is 1.00 bits per heavy atom. The van der Waals surface area contributed by atoms with E-state index in [1.54, 1.807) is 0 Å². The van der Waals surface area contributed by atoms with Crippen LogP contribution in [-0.2, 0) is 9.30 Å². The third kappa shape index (κ3) is 4.19. The maximum atomic E-state index is 12.6. The first kappa shape index (κ1) is 21.2. The molecule has 5 fully saturated rings. The van der Waals surface area contributed by atoms with Crippen molar-refractivity contribution in [2.75, 3.05) is 19.4 Å². The first-order valence-electron chi connectivity index (χ1n) is 10.3. The second-order valence-electron chi connectivity index (χ2n) is 9.57. The minimum atomic E-state index is -3.75. The van der Waals surface area contributed by atoms with E-state index in [9.17, 15) is 24.8 Å². The Balaban J connectivity index is 1.31. The maximum Gasteiger partial charge on any atom is 0.280 e. The molecule has 2 unspecified atom stereocenters. The zero-order valence-corrected chi connectivity index (χ0v) is 16.9. The number of nitrogens with one attached hydrogen (secondary N) is 2. The van der Waals surface area contributed by atoms with E-state index in [4.69, 9.17) is 9.84 Å². The summed E-state index contributed by atoms with van der Waals surface area (Å²) < 4.78 is 17.7. The molecule has 6 atom stereocenters. The van der Waals surface area contributed by atoms with Crippen LogP contribution in [0, 0.1) is 23.2 Å². The first-order chi connectivity index (χ1) is 13.2. The summed E-state index contributed by atoms with van der Waals surface area (Å²) in [6.07, 6.45) is 1.53. The van der Waals surface area contributed by atoms with Crippen LogP contribution < -0.4 is 10.4 Å². The minimum Gasteiger partial charge on any atom is -0.394 e.